The summed E-state index contributed by atoms with van der Waals surface area (Å²) in [6.45, 7) is 2.35. The van der Waals surface area contributed by atoms with E-state index in [0.29, 0.717) is 12.4 Å². The zero-order chi connectivity index (χ0) is 22.2. The predicted molar refractivity (Wildman–Crippen MR) is 121 cm³/mol. The zero-order valence-electron chi connectivity index (χ0n) is 18.6. The van der Waals surface area contributed by atoms with Crippen molar-refractivity contribution in [2.45, 2.75) is 58.0 Å². The van der Waals surface area contributed by atoms with Gasteiger partial charge in [0.25, 0.3) is 0 Å². The molecule has 0 aliphatic carbocycles. The number of hydrogen-bond acceptors (Lipinski definition) is 6. The summed E-state index contributed by atoms with van der Waals surface area (Å²) in [5.74, 6) is 1.62. The van der Waals surface area contributed by atoms with Crippen LogP contribution in [0.15, 0.2) is 52.0 Å². The van der Waals surface area contributed by atoms with Crippen molar-refractivity contribution in [3.05, 3.63) is 58.8 Å². The molecule has 0 bridgehead atoms. The molecule has 0 N–H and O–H groups in total. The normalized spacial score (nSPS) is 16.3. The maximum absolute atomic E-state index is 12.3. The van der Waals surface area contributed by atoms with Gasteiger partial charge in [0.2, 0.25) is 11.2 Å². The van der Waals surface area contributed by atoms with Gasteiger partial charge in [-0.2, -0.15) is 0 Å². The fourth-order valence-corrected chi connectivity index (χ4v) is 3.95. The van der Waals surface area contributed by atoms with Gasteiger partial charge in [-0.3, -0.25) is 4.79 Å². The second kappa shape index (κ2) is 11.2. The average molecular weight is 442 g/mol. The number of aryl methyl sites for hydroxylation is 1. The van der Waals surface area contributed by atoms with Gasteiger partial charge in [-0.1, -0.05) is 6.07 Å². The summed E-state index contributed by atoms with van der Waals surface area (Å²) < 4.78 is 30.0. The molecule has 1 saturated heterocycles. The SMILES string of the molecule is COc1cccc2c1ccn2CCCCCOc1coc(COC2CCCCO2)cc1=O. The largest absolute Gasteiger partial charge is 0.496 e. The van der Waals surface area contributed by atoms with Gasteiger partial charge in [0.05, 0.1) is 19.2 Å². The number of unbranched alkanes of at least 4 members (excludes halogenated alkanes) is 2. The van der Waals surface area contributed by atoms with Crippen molar-refractivity contribution in [2.75, 3.05) is 20.3 Å². The average Bonchev–Trinajstić information content (AvgIpc) is 3.25. The molecule has 2 aromatic heterocycles. The van der Waals surface area contributed by atoms with Crippen molar-refractivity contribution in [1.82, 2.24) is 4.57 Å². The van der Waals surface area contributed by atoms with Gasteiger partial charge in [0.1, 0.15) is 24.4 Å². The van der Waals surface area contributed by atoms with E-state index in [1.165, 1.54) is 17.8 Å². The van der Waals surface area contributed by atoms with E-state index >= 15 is 0 Å². The number of benzene rings is 1. The summed E-state index contributed by atoms with van der Waals surface area (Å²) in [6.07, 6.45) is 9.20. The highest BCUT2D eigenvalue weighted by atomic mass is 16.7. The number of rotatable bonds is 11. The van der Waals surface area contributed by atoms with Crippen molar-refractivity contribution in [3.63, 3.8) is 0 Å². The molecule has 1 fully saturated rings. The first-order valence-electron chi connectivity index (χ1n) is 11.3. The van der Waals surface area contributed by atoms with Crippen LogP contribution in [0.1, 0.15) is 44.3 Å². The van der Waals surface area contributed by atoms with Crippen molar-refractivity contribution in [3.8, 4) is 11.5 Å². The van der Waals surface area contributed by atoms with Gasteiger partial charge in [0, 0.05) is 30.8 Å². The third kappa shape index (κ3) is 5.72. The van der Waals surface area contributed by atoms with E-state index in [1.807, 2.05) is 12.1 Å². The summed E-state index contributed by atoms with van der Waals surface area (Å²) in [5, 5.41) is 1.13. The maximum Gasteiger partial charge on any atom is 0.227 e. The number of hydrogen-bond donors (Lipinski definition) is 0. The number of nitrogens with zero attached hydrogens (tertiary/aromatic N) is 1. The lowest BCUT2D eigenvalue weighted by molar-refractivity contribution is -0.171. The van der Waals surface area contributed by atoms with Crippen molar-refractivity contribution in [1.29, 1.82) is 0 Å². The lowest BCUT2D eigenvalue weighted by Crippen LogP contribution is -2.22. The molecular weight excluding hydrogens is 410 g/mol. The molecule has 4 rings (SSSR count). The van der Waals surface area contributed by atoms with Gasteiger partial charge in [-0.25, -0.2) is 0 Å². The van der Waals surface area contributed by atoms with E-state index in [4.69, 9.17) is 23.4 Å². The molecule has 0 amide bonds. The summed E-state index contributed by atoms with van der Waals surface area (Å²) in [4.78, 5) is 12.3. The zero-order valence-corrected chi connectivity index (χ0v) is 18.6. The van der Waals surface area contributed by atoms with Gasteiger partial charge in [0.15, 0.2) is 6.29 Å². The highest BCUT2D eigenvalue weighted by Crippen LogP contribution is 2.26. The molecule has 1 atom stereocenters. The summed E-state index contributed by atoms with van der Waals surface area (Å²) in [7, 11) is 1.69. The van der Waals surface area contributed by atoms with Crippen LogP contribution in [0.4, 0.5) is 0 Å². The van der Waals surface area contributed by atoms with Crippen LogP contribution in [0.25, 0.3) is 10.9 Å². The second-order valence-corrected chi connectivity index (χ2v) is 7.99. The summed E-state index contributed by atoms with van der Waals surface area (Å²) in [6, 6.07) is 9.62. The Morgan fingerprint density at radius 1 is 1.12 bits per heavy atom. The van der Waals surface area contributed by atoms with Gasteiger partial charge < -0.3 is 27.9 Å². The molecule has 172 valence electrons. The fraction of sp³-hybridized carbons (Fsp3) is 0.480. The number of aromatic nitrogens is 1. The minimum atomic E-state index is -0.212. The Hall–Kier alpha value is -2.77. The Bertz CT molecular complexity index is 1050. The molecule has 1 aliphatic heterocycles. The van der Waals surface area contributed by atoms with Crippen LogP contribution in [0.5, 0.6) is 11.5 Å². The Kier molecular flexibility index (Phi) is 7.85. The van der Waals surface area contributed by atoms with Crippen LogP contribution in [-0.4, -0.2) is 31.2 Å². The van der Waals surface area contributed by atoms with E-state index in [2.05, 4.69) is 22.9 Å². The van der Waals surface area contributed by atoms with Gasteiger partial charge >= 0.3 is 0 Å². The highest BCUT2D eigenvalue weighted by molar-refractivity contribution is 5.86. The summed E-state index contributed by atoms with van der Waals surface area (Å²) in [5.41, 5.74) is 0.990. The molecular formula is C25H31NO6. The van der Waals surface area contributed by atoms with Crippen LogP contribution in [0.3, 0.4) is 0 Å². The van der Waals surface area contributed by atoms with E-state index < -0.39 is 0 Å². The van der Waals surface area contributed by atoms with Crippen molar-refractivity contribution < 1.29 is 23.4 Å². The first-order chi connectivity index (χ1) is 15.7. The molecule has 0 spiro atoms. The van der Waals surface area contributed by atoms with Crippen molar-refractivity contribution >= 4 is 10.9 Å². The molecule has 0 saturated carbocycles. The Morgan fingerprint density at radius 2 is 2.06 bits per heavy atom. The molecule has 1 unspecified atom stereocenters. The molecule has 1 aromatic carbocycles. The van der Waals surface area contributed by atoms with E-state index in [-0.39, 0.29) is 24.1 Å². The number of methoxy groups -OCH3 is 1. The smallest absolute Gasteiger partial charge is 0.227 e. The van der Waals surface area contributed by atoms with Crippen LogP contribution in [0.2, 0.25) is 0 Å². The Labute approximate surface area is 187 Å². The number of fused-ring (bicyclic) bond motifs is 1. The lowest BCUT2D eigenvalue weighted by atomic mass is 10.2. The molecule has 7 heteroatoms. The second-order valence-electron chi connectivity index (χ2n) is 7.99. The van der Waals surface area contributed by atoms with Crippen LogP contribution in [-0.2, 0) is 22.6 Å². The standard InChI is InChI=1S/C25H31NO6/c1-28-23-9-7-8-21-20(23)11-13-26(21)12-4-2-5-14-29-24-18-31-19(16-22(24)27)17-32-25-10-3-6-15-30-25/h7-9,11,13,16,18,25H,2-6,10,12,14-15,17H2,1H3. The minimum Gasteiger partial charge on any atom is -0.496 e. The first kappa shape index (κ1) is 22.4. The van der Waals surface area contributed by atoms with E-state index in [9.17, 15) is 4.79 Å². The van der Waals surface area contributed by atoms with Crippen LogP contribution < -0.4 is 14.9 Å². The predicted octanol–water partition coefficient (Wildman–Crippen LogP) is 4.90. The molecule has 7 nitrogen and oxygen atoms in total. The molecule has 0 radical (unpaired) electrons. The molecule has 32 heavy (non-hydrogen) atoms. The fourth-order valence-electron chi connectivity index (χ4n) is 3.95. The van der Waals surface area contributed by atoms with Crippen LogP contribution in [0, 0.1) is 0 Å². The molecule has 3 aromatic rings. The molecule has 3 heterocycles. The monoisotopic (exact) mass is 441 g/mol. The van der Waals surface area contributed by atoms with Crippen LogP contribution >= 0.6 is 0 Å². The number of ether oxygens (including phenoxy) is 4. The lowest BCUT2D eigenvalue weighted by Gasteiger charge is -2.22. The highest BCUT2D eigenvalue weighted by Gasteiger charge is 2.15. The Balaban J connectivity index is 1.17. The first-order valence-corrected chi connectivity index (χ1v) is 11.3. The minimum absolute atomic E-state index is 0.188. The van der Waals surface area contributed by atoms with Gasteiger partial charge in [-0.15, -0.1) is 0 Å². The Morgan fingerprint density at radius 3 is 2.88 bits per heavy atom. The van der Waals surface area contributed by atoms with E-state index in [1.54, 1.807) is 7.11 Å². The van der Waals surface area contributed by atoms with E-state index in [0.717, 1.165) is 62.8 Å². The third-order valence-corrected chi connectivity index (χ3v) is 5.70. The third-order valence-electron chi connectivity index (χ3n) is 5.70. The topological polar surface area (TPSA) is 72.1 Å². The van der Waals surface area contributed by atoms with Crippen molar-refractivity contribution in [2.24, 2.45) is 0 Å². The quantitative estimate of drug-likeness (QED) is 0.394. The maximum atomic E-state index is 12.3. The van der Waals surface area contributed by atoms with Gasteiger partial charge in [-0.05, 0) is 56.7 Å². The molecule has 1 aliphatic rings. The summed E-state index contributed by atoms with van der Waals surface area (Å²) >= 11 is 0.